The molecule has 134 valence electrons. The minimum atomic E-state index is -0.687. The number of rotatable bonds is 7. The van der Waals surface area contributed by atoms with E-state index in [-0.39, 0.29) is 23.7 Å². The summed E-state index contributed by atoms with van der Waals surface area (Å²) >= 11 is 0. The van der Waals surface area contributed by atoms with E-state index >= 15 is 0 Å². The Morgan fingerprint density at radius 3 is 2.43 bits per heavy atom. The Morgan fingerprint density at radius 1 is 1.35 bits per heavy atom. The van der Waals surface area contributed by atoms with Crippen LogP contribution >= 0.6 is 0 Å². The molecule has 0 saturated carbocycles. The Hall–Kier alpha value is -0.910. The van der Waals surface area contributed by atoms with Gasteiger partial charge >= 0.3 is 5.97 Å². The third-order valence-corrected chi connectivity index (χ3v) is 3.97. The molecule has 1 aliphatic carbocycles. The van der Waals surface area contributed by atoms with Gasteiger partial charge in [0.1, 0.15) is 6.10 Å². The van der Waals surface area contributed by atoms with Crippen LogP contribution in [-0.4, -0.2) is 47.6 Å². The largest absolute Gasteiger partial charge is 0.463 e. The lowest BCUT2D eigenvalue weighted by Crippen LogP contribution is -2.55. The normalized spacial score (nSPS) is 25.4. The van der Waals surface area contributed by atoms with Gasteiger partial charge in [0.15, 0.2) is 0 Å². The summed E-state index contributed by atoms with van der Waals surface area (Å²) < 4.78 is 11.2. The SMILES string of the molecule is CCOC(=O)C1=C[C@@H](OC(CC)CC)[C@@H](O)[C@H](NC(C)(C)C)C1. The predicted molar refractivity (Wildman–Crippen MR) is 91.3 cm³/mol. The van der Waals surface area contributed by atoms with Crippen molar-refractivity contribution in [2.75, 3.05) is 6.61 Å². The van der Waals surface area contributed by atoms with E-state index in [0.29, 0.717) is 18.6 Å². The molecule has 5 heteroatoms. The maximum Gasteiger partial charge on any atom is 0.333 e. The number of esters is 1. The van der Waals surface area contributed by atoms with E-state index in [2.05, 4.69) is 19.2 Å². The molecule has 0 unspecified atom stereocenters. The van der Waals surface area contributed by atoms with Gasteiger partial charge in [-0.25, -0.2) is 4.79 Å². The van der Waals surface area contributed by atoms with E-state index in [0.717, 1.165) is 12.8 Å². The van der Waals surface area contributed by atoms with Crippen molar-refractivity contribution in [3.63, 3.8) is 0 Å². The molecule has 0 bridgehead atoms. The average Bonchev–Trinajstić information content (AvgIpc) is 2.46. The first-order chi connectivity index (χ1) is 10.7. The highest BCUT2D eigenvalue weighted by Gasteiger charge is 2.37. The molecular weight excluding hydrogens is 294 g/mol. The van der Waals surface area contributed by atoms with Crippen LogP contribution in [0.5, 0.6) is 0 Å². The summed E-state index contributed by atoms with van der Waals surface area (Å²) in [6.07, 6.45) is 2.82. The van der Waals surface area contributed by atoms with Crippen LogP contribution in [0.3, 0.4) is 0 Å². The Bertz CT molecular complexity index is 410. The van der Waals surface area contributed by atoms with E-state index in [1.807, 2.05) is 20.8 Å². The van der Waals surface area contributed by atoms with Gasteiger partial charge in [0.05, 0.1) is 18.8 Å². The lowest BCUT2D eigenvalue weighted by Gasteiger charge is -2.38. The number of nitrogens with one attached hydrogen (secondary N) is 1. The topological polar surface area (TPSA) is 67.8 Å². The van der Waals surface area contributed by atoms with Gasteiger partial charge in [-0.05, 0) is 53.0 Å². The van der Waals surface area contributed by atoms with Gasteiger partial charge in [-0.3, -0.25) is 0 Å². The molecule has 1 aliphatic rings. The van der Waals surface area contributed by atoms with Crippen LogP contribution < -0.4 is 5.32 Å². The molecule has 23 heavy (non-hydrogen) atoms. The molecule has 0 fully saturated rings. The van der Waals surface area contributed by atoms with Gasteiger partial charge in [0.2, 0.25) is 0 Å². The zero-order chi connectivity index (χ0) is 17.6. The number of aliphatic hydroxyl groups excluding tert-OH is 1. The molecule has 0 aromatic carbocycles. The highest BCUT2D eigenvalue weighted by molar-refractivity contribution is 5.89. The van der Waals surface area contributed by atoms with E-state index in [9.17, 15) is 9.90 Å². The summed E-state index contributed by atoms with van der Waals surface area (Å²) in [5.74, 6) is -0.321. The molecule has 0 amide bonds. The van der Waals surface area contributed by atoms with Crippen molar-refractivity contribution in [3.05, 3.63) is 11.6 Å². The van der Waals surface area contributed by atoms with Crippen molar-refractivity contribution in [2.24, 2.45) is 0 Å². The Kier molecular flexibility index (Phi) is 7.71. The van der Waals surface area contributed by atoms with Crippen molar-refractivity contribution in [2.45, 2.75) is 90.7 Å². The predicted octanol–water partition coefficient (Wildman–Crippen LogP) is 2.57. The summed E-state index contributed by atoms with van der Waals surface area (Å²) in [6.45, 7) is 12.4. The molecule has 2 N–H and O–H groups in total. The highest BCUT2D eigenvalue weighted by atomic mass is 16.5. The monoisotopic (exact) mass is 327 g/mol. The van der Waals surface area contributed by atoms with Gasteiger partial charge in [0.25, 0.3) is 0 Å². The lowest BCUT2D eigenvalue weighted by atomic mass is 9.88. The molecule has 0 heterocycles. The zero-order valence-electron chi connectivity index (χ0n) is 15.4. The molecule has 0 aliphatic heterocycles. The second-order valence-corrected chi connectivity index (χ2v) is 7.15. The van der Waals surface area contributed by atoms with Crippen LogP contribution in [0.25, 0.3) is 0 Å². The number of ether oxygens (including phenoxy) is 2. The summed E-state index contributed by atoms with van der Waals surface area (Å²) in [7, 11) is 0. The third-order valence-electron chi connectivity index (χ3n) is 3.97. The number of hydrogen-bond donors (Lipinski definition) is 2. The number of carbonyl (C=O) groups is 1. The second kappa shape index (κ2) is 8.81. The van der Waals surface area contributed by atoms with Gasteiger partial charge in [-0.1, -0.05) is 13.8 Å². The molecule has 0 saturated heterocycles. The number of carbonyl (C=O) groups excluding carboxylic acids is 1. The zero-order valence-corrected chi connectivity index (χ0v) is 15.4. The van der Waals surface area contributed by atoms with Crippen molar-refractivity contribution in [1.82, 2.24) is 5.32 Å². The second-order valence-electron chi connectivity index (χ2n) is 7.15. The van der Waals surface area contributed by atoms with Gasteiger partial charge in [-0.2, -0.15) is 0 Å². The van der Waals surface area contributed by atoms with Gasteiger partial charge < -0.3 is 19.9 Å². The maximum atomic E-state index is 12.1. The van der Waals surface area contributed by atoms with Gasteiger partial charge in [0, 0.05) is 17.2 Å². The van der Waals surface area contributed by atoms with E-state index in [1.54, 1.807) is 13.0 Å². The van der Waals surface area contributed by atoms with Crippen molar-refractivity contribution in [1.29, 1.82) is 0 Å². The maximum absolute atomic E-state index is 12.1. The molecule has 0 radical (unpaired) electrons. The molecule has 1 rings (SSSR count). The smallest absolute Gasteiger partial charge is 0.333 e. The minimum Gasteiger partial charge on any atom is -0.463 e. The van der Waals surface area contributed by atoms with E-state index in [1.165, 1.54) is 0 Å². The van der Waals surface area contributed by atoms with Crippen LogP contribution in [0, 0.1) is 0 Å². The van der Waals surface area contributed by atoms with Crippen LogP contribution in [0.2, 0.25) is 0 Å². The van der Waals surface area contributed by atoms with E-state index < -0.39 is 12.2 Å². The van der Waals surface area contributed by atoms with Crippen molar-refractivity contribution < 1.29 is 19.4 Å². The number of hydrogen-bond acceptors (Lipinski definition) is 5. The van der Waals surface area contributed by atoms with Gasteiger partial charge in [-0.15, -0.1) is 0 Å². The lowest BCUT2D eigenvalue weighted by molar-refractivity contribution is -0.139. The summed E-state index contributed by atoms with van der Waals surface area (Å²) in [5.41, 5.74) is 0.414. The van der Waals surface area contributed by atoms with E-state index in [4.69, 9.17) is 9.47 Å². The highest BCUT2D eigenvalue weighted by Crippen LogP contribution is 2.26. The van der Waals surface area contributed by atoms with Crippen LogP contribution in [-0.2, 0) is 14.3 Å². The summed E-state index contributed by atoms with van der Waals surface area (Å²) in [6, 6.07) is -0.237. The molecule has 3 atom stereocenters. The first kappa shape index (κ1) is 20.1. The standard InChI is InChI=1S/C18H33NO4/c1-7-13(8-2)23-15-11-12(17(21)22-9-3)10-14(16(15)20)19-18(4,5)6/h11,13-16,19-20H,7-10H2,1-6H3/t14-,15-,16+/m1/s1. The van der Waals surface area contributed by atoms with Crippen molar-refractivity contribution in [3.8, 4) is 0 Å². The van der Waals surface area contributed by atoms with Crippen molar-refractivity contribution >= 4 is 5.97 Å². The summed E-state index contributed by atoms with van der Waals surface area (Å²) in [5, 5.41) is 14.1. The minimum absolute atomic E-state index is 0.0720. The van der Waals surface area contributed by atoms with Crippen LogP contribution in [0.15, 0.2) is 11.6 Å². The molecule has 0 aromatic heterocycles. The Balaban J connectivity index is 2.98. The first-order valence-corrected chi connectivity index (χ1v) is 8.70. The summed E-state index contributed by atoms with van der Waals surface area (Å²) in [4.78, 5) is 12.1. The third kappa shape index (κ3) is 6.24. The molecule has 0 spiro atoms. The van der Waals surface area contributed by atoms with Crippen LogP contribution in [0.1, 0.15) is 60.8 Å². The average molecular weight is 327 g/mol. The number of aliphatic hydroxyl groups is 1. The quantitative estimate of drug-likeness (QED) is 0.704. The molecule has 0 aromatic rings. The Labute approximate surface area is 140 Å². The fourth-order valence-corrected chi connectivity index (χ4v) is 2.84. The molecular formula is C18H33NO4. The fourth-order valence-electron chi connectivity index (χ4n) is 2.84. The fraction of sp³-hybridized carbons (Fsp3) is 0.833. The first-order valence-electron chi connectivity index (χ1n) is 8.70. The Morgan fingerprint density at radius 2 is 1.96 bits per heavy atom. The molecule has 5 nitrogen and oxygen atoms in total. The van der Waals surface area contributed by atoms with Crippen LogP contribution in [0.4, 0.5) is 0 Å².